The molecule has 0 bridgehead atoms. The van der Waals surface area contributed by atoms with Crippen molar-refractivity contribution in [2.24, 2.45) is 0 Å². The molecule has 1 aromatic rings. The predicted molar refractivity (Wildman–Crippen MR) is 72.8 cm³/mol. The van der Waals surface area contributed by atoms with Crippen LogP contribution in [-0.2, 0) is 11.3 Å². The lowest BCUT2D eigenvalue weighted by molar-refractivity contribution is -0.384. The van der Waals surface area contributed by atoms with Crippen LogP contribution in [0.15, 0.2) is 18.2 Å². The average molecular weight is 265 g/mol. The van der Waals surface area contributed by atoms with Gasteiger partial charge >= 0.3 is 0 Å². The zero-order chi connectivity index (χ0) is 14.0. The lowest BCUT2D eigenvalue weighted by atomic mass is 10.1. The molecule has 104 valence electrons. The Balaban J connectivity index is 2.17. The van der Waals surface area contributed by atoms with Gasteiger partial charge in [-0.25, -0.2) is 0 Å². The SMILES string of the molecule is CC1CN(Cc2cc([N+](=O)[O-])ccc2N)C(C)CO1. The van der Waals surface area contributed by atoms with Gasteiger partial charge in [0.1, 0.15) is 0 Å². The van der Waals surface area contributed by atoms with E-state index in [2.05, 4.69) is 11.8 Å². The highest BCUT2D eigenvalue weighted by Crippen LogP contribution is 2.23. The normalized spacial score (nSPS) is 24.3. The van der Waals surface area contributed by atoms with Crippen molar-refractivity contribution in [3.05, 3.63) is 33.9 Å². The van der Waals surface area contributed by atoms with Gasteiger partial charge in [-0.3, -0.25) is 15.0 Å². The van der Waals surface area contributed by atoms with Crippen molar-refractivity contribution < 1.29 is 9.66 Å². The first kappa shape index (κ1) is 13.8. The van der Waals surface area contributed by atoms with E-state index in [1.165, 1.54) is 6.07 Å². The van der Waals surface area contributed by atoms with Crippen molar-refractivity contribution in [2.45, 2.75) is 32.5 Å². The number of anilines is 1. The molecular weight excluding hydrogens is 246 g/mol. The summed E-state index contributed by atoms with van der Waals surface area (Å²) in [6, 6.07) is 4.88. The van der Waals surface area contributed by atoms with Crippen LogP contribution in [0.1, 0.15) is 19.4 Å². The zero-order valence-corrected chi connectivity index (χ0v) is 11.2. The molecule has 6 nitrogen and oxygen atoms in total. The number of non-ortho nitro benzene ring substituents is 1. The van der Waals surface area contributed by atoms with Crippen molar-refractivity contribution >= 4 is 11.4 Å². The fourth-order valence-electron chi connectivity index (χ4n) is 2.25. The predicted octanol–water partition coefficient (Wildman–Crippen LogP) is 1.79. The number of nitrogens with zero attached hydrogens (tertiary/aromatic N) is 2. The first-order chi connectivity index (χ1) is 8.97. The van der Waals surface area contributed by atoms with Crippen molar-refractivity contribution in [1.29, 1.82) is 0 Å². The summed E-state index contributed by atoms with van der Waals surface area (Å²) in [5.41, 5.74) is 7.38. The standard InChI is InChI=1S/C13H19N3O3/c1-9-8-19-10(2)6-15(9)7-11-5-12(16(17)18)3-4-13(11)14/h3-5,9-10H,6-8,14H2,1-2H3. The number of nitro benzene ring substituents is 1. The minimum atomic E-state index is -0.395. The van der Waals surface area contributed by atoms with Crippen molar-refractivity contribution in [3.63, 3.8) is 0 Å². The molecule has 1 saturated heterocycles. The van der Waals surface area contributed by atoms with Crippen molar-refractivity contribution in [3.8, 4) is 0 Å². The molecule has 1 aliphatic heterocycles. The molecule has 0 aromatic heterocycles. The third kappa shape index (κ3) is 3.21. The summed E-state index contributed by atoms with van der Waals surface area (Å²) >= 11 is 0. The second kappa shape index (κ2) is 5.54. The Morgan fingerprint density at radius 2 is 2.26 bits per heavy atom. The van der Waals surface area contributed by atoms with E-state index in [0.29, 0.717) is 18.8 Å². The molecule has 2 unspecified atom stereocenters. The molecule has 0 aliphatic carbocycles. The van der Waals surface area contributed by atoms with Gasteiger partial charge in [0.15, 0.2) is 0 Å². The molecule has 1 aliphatic rings. The Bertz CT molecular complexity index is 478. The van der Waals surface area contributed by atoms with Crippen LogP contribution in [0, 0.1) is 10.1 Å². The summed E-state index contributed by atoms with van der Waals surface area (Å²) in [6.45, 7) is 6.21. The molecule has 0 radical (unpaired) electrons. The molecule has 2 atom stereocenters. The van der Waals surface area contributed by atoms with Crippen LogP contribution >= 0.6 is 0 Å². The number of hydrogen-bond donors (Lipinski definition) is 1. The first-order valence-electron chi connectivity index (χ1n) is 6.36. The Morgan fingerprint density at radius 1 is 1.53 bits per heavy atom. The van der Waals surface area contributed by atoms with Gasteiger partial charge in [-0.1, -0.05) is 0 Å². The van der Waals surface area contributed by atoms with Crippen LogP contribution in [0.3, 0.4) is 0 Å². The fraction of sp³-hybridized carbons (Fsp3) is 0.538. The molecule has 2 rings (SSSR count). The number of nitrogens with two attached hydrogens (primary N) is 1. The lowest BCUT2D eigenvalue weighted by Crippen LogP contribution is -2.46. The number of ether oxygens (including phenoxy) is 1. The number of rotatable bonds is 3. The van der Waals surface area contributed by atoms with E-state index in [-0.39, 0.29) is 17.8 Å². The molecule has 19 heavy (non-hydrogen) atoms. The number of morpholine rings is 1. The number of nitro groups is 1. The van der Waals surface area contributed by atoms with Crippen LogP contribution in [0.2, 0.25) is 0 Å². The van der Waals surface area contributed by atoms with Gasteiger partial charge in [0.2, 0.25) is 0 Å². The summed E-state index contributed by atoms with van der Waals surface area (Å²) in [5.74, 6) is 0. The highest BCUT2D eigenvalue weighted by molar-refractivity contribution is 5.52. The Kier molecular flexibility index (Phi) is 4.01. The largest absolute Gasteiger partial charge is 0.398 e. The maximum absolute atomic E-state index is 10.8. The molecule has 0 amide bonds. The smallest absolute Gasteiger partial charge is 0.269 e. The van der Waals surface area contributed by atoms with E-state index in [9.17, 15) is 10.1 Å². The monoisotopic (exact) mass is 265 g/mol. The van der Waals surface area contributed by atoms with E-state index in [4.69, 9.17) is 10.5 Å². The molecule has 6 heteroatoms. The fourth-order valence-corrected chi connectivity index (χ4v) is 2.25. The molecule has 0 spiro atoms. The Hall–Kier alpha value is -1.66. The second-order valence-electron chi connectivity index (χ2n) is 5.06. The summed E-state index contributed by atoms with van der Waals surface area (Å²) in [6.07, 6.45) is 0.177. The van der Waals surface area contributed by atoms with E-state index >= 15 is 0 Å². The molecule has 1 heterocycles. The van der Waals surface area contributed by atoms with Gasteiger partial charge in [-0.15, -0.1) is 0 Å². The van der Waals surface area contributed by atoms with Gasteiger partial charge in [-0.05, 0) is 25.5 Å². The molecule has 1 aromatic carbocycles. The molecule has 1 fully saturated rings. The topological polar surface area (TPSA) is 81.6 Å². The maximum atomic E-state index is 10.8. The molecular formula is C13H19N3O3. The zero-order valence-electron chi connectivity index (χ0n) is 11.2. The highest BCUT2D eigenvalue weighted by Gasteiger charge is 2.24. The second-order valence-corrected chi connectivity index (χ2v) is 5.06. The first-order valence-corrected chi connectivity index (χ1v) is 6.36. The number of benzene rings is 1. The highest BCUT2D eigenvalue weighted by atomic mass is 16.6. The third-order valence-corrected chi connectivity index (χ3v) is 3.45. The minimum Gasteiger partial charge on any atom is -0.398 e. The van der Waals surface area contributed by atoms with E-state index in [0.717, 1.165) is 12.1 Å². The molecule has 2 N–H and O–H groups in total. The number of nitrogen functional groups attached to an aromatic ring is 1. The van der Waals surface area contributed by atoms with E-state index < -0.39 is 4.92 Å². The van der Waals surface area contributed by atoms with Crippen LogP contribution in [0.4, 0.5) is 11.4 Å². The van der Waals surface area contributed by atoms with Crippen LogP contribution < -0.4 is 5.73 Å². The summed E-state index contributed by atoms with van der Waals surface area (Å²) in [4.78, 5) is 12.6. The van der Waals surface area contributed by atoms with Gasteiger partial charge in [-0.2, -0.15) is 0 Å². The lowest BCUT2D eigenvalue weighted by Gasteiger charge is -2.36. The average Bonchev–Trinajstić information content (AvgIpc) is 2.36. The maximum Gasteiger partial charge on any atom is 0.269 e. The van der Waals surface area contributed by atoms with Gasteiger partial charge in [0.05, 0.1) is 17.6 Å². The third-order valence-electron chi connectivity index (χ3n) is 3.45. The van der Waals surface area contributed by atoms with Crippen LogP contribution in [0.5, 0.6) is 0 Å². The Morgan fingerprint density at radius 3 is 2.95 bits per heavy atom. The van der Waals surface area contributed by atoms with Gasteiger partial charge in [0, 0.05) is 37.0 Å². The quantitative estimate of drug-likeness (QED) is 0.512. The van der Waals surface area contributed by atoms with Crippen LogP contribution in [0.25, 0.3) is 0 Å². The van der Waals surface area contributed by atoms with Crippen molar-refractivity contribution in [1.82, 2.24) is 4.90 Å². The molecule has 0 saturated carbocycles. The minimum absolute atomic E-state index is 0.0816. The van der Waals surface area contributed by atoms with E-state index in [1.54, 1.807) is 12.1 Å². The Labute approximate surface area is 112 Å². The van der Waals surface area contributed by atoms with Crippen molar-refractivity contribution in [2.75, 3.05) is 18.9 Å². The number of hydrogen-bond acceptors (Lipinski definition) is 5. The summed E-state index contributed by atoms with van der Waals surface area (Å²) in [7, 11) is 0. The van der Waals surface area contributed by atoms with E-state index in [1.807, 2.05) is 6.92 Å². The van der Waals surface area contributed by atoms with Crippen LogP contribution in [-0.4, -0.2) is 35.1 Å². The summed E-state index contributed by atoms with van der Waals surface area (Å²) in [5, 5.41) is 10.8. The van der Waals surface area contributed by atoms with Gasteiger partial charge < -0.3 is 10.5 Å². The summed E-state index contributed by atoms with van der Waals surface area (Å²) < 4.78 is 5.57. The van der Waals surface area contributed by atoms with Gasteiger partial charge in [0.25, 0.3) is 5.69 Å².